The van der Waals surface area contributed by atoms with Crippen molar-refractivity contribution in [3.05, 3.63) is 177 Å². The lowest BCUT2D eigenvalue weighted by Crippen LogP contribution is -2.15. The molecule has 0 aliphatic rings. The van der Waals surface area contributed by atoms with E-state index in [9.17, 15) is 47.9 Å². The van der Waals surface area contributed by atoms with Gasteiger partial charge in [-0.1, -0.05) is 0 Å². The Balaban J connectivity index is 0.000000395. The number of benzene rings is 5. The van der Waals surface area contributed by atoms with Crippen LogP contribution in [0, 0.1) is 0 Å². The first kappa shape index (κ1) is 68.7. The average molecular weight is 1150 g/mol. The monoisotopic (exact) mass is 1150 g/mol. The lowest BCUT2D eigenvalue weighted by atomic mass is 10.1. The zero-order valence-corrected chi connectivity index (χ0v) is 44.3. The number of esters is 9. The van der Waals surface area contributed by atoms with Crippen molar-refractivity contribution < 1.29 is 126 Å². The zero-order chi connectivity index (χ0) is 60.7. The average Bonchev–Trinajstić information content (AvgIpc) is 3.52. The third kappa shape index (κ3) is 26.0. The Morgan fingerprint density at radius 2 is 0.415 bits per heavy atom. The Labute approximate surface area is 468 Å². The molecule has 0 bridgehead atoms. The van der Waals surface area contributed by atoms with Gasteiger partial charge in [0.2, 0.25) is 0 Å². The molecular weight excluding hydrogens is 1090 g/mol. The van der Waals surface area contributed by atoms with Crippen LogP contribution in [-0.2, 0) is 47.4 Å². The second-order valence-corrected chi connectivity index (χ2v) is 15.4. The van der Waals surface area contributed by atoms with E-state index in [1.165, 1.54) is 136 Å². The van der Waals surface area contributed by atoms with E-state index in [2.05, 4.69) is 9.47 Å². The normalized spacial score (nSPS) is 9.94. The van der Waals surface area contributed by atoms with Crippen LogP contribution in [0.3, 0.4) is 0 Å². The Kier molecular flexibility index (Phi) is 33.4. The van der Waals surface area contributed by atoms with Crippen LogP contribution in [0.15, 0.2) is 121 Å². The summed E-state index contributed by atoms with van der Waals surface area (Å²) >= 11 is 0. The van der Waals surface area contributed by atoms with Crippen LogP contribution in [-0.4, -0.2) is 197 Å². The van der Waals surface area contributed by atoms with Crippen LogP contribution in [0.1, 0.15) is 104 Å². The maximum Gasteiger partial charge on any atom is 0.338 e. The molecule has 0 radical (unpaired) electrons. The Morgan fingerprint density at radius 3 is 0.573 bits per heavy atom. The summed E-state index contributed by atoms with van der Waals surface area (Å²) in [6, 6.07) is 28.2. The van der Waals surface area contributed by atoms with Gasteiger partial charge in [-0.15, -0.1) is 0 Å². The summed E-state index contributed by atoms with van der Waals surface area (Å²) in [7, 11) is 2.83. The number of aliphatic hydroxyl groups is 5. The molecule has 0 fully saturated rings. The van der Waals surface area contributed by atoms with Crippen molar-refractivity contribution in [2.75, 3.05) is 107 Å². The van der Waals surface area contributed by atoms with Gasteiger partial charge in [0.05, 0.1) is 102 Å². The number of aliphatic hydroxyl groups excluding tert-OH is 5. The van der Waals surface area contributed by atoms with Crippen molar-refractivity contribution in [1.29, 1.82) is 0 Å². The molecule has 6 N–H and O–H groups in total. The van der Waals surface area contributed by atoms with E-state index < -0.39 is 59.7 Å². The van der Waals surface area contributed by atoms with Gasteiger partial charge in [-0.3, -0.25) is 0 Å². The number of hydrogen-bond acceptors (Lipinski definition) is 25. The number of aromatic carboxylic acids is 1. The van der Waals surface area contributed by atoms with E-state index in [-0.39, 0.29) is 130 Å². The van der Waals surface area contributed by atoms with Crippen molar-refractivity contribution in [1.82, 2.24) is 0 Å². The number of ether oxygens (including phenoxy) is 10. The molecule has 0 saturated carbocycles. The van der Waals surface area contributed by atoms with Gasteiger partial charge in [0, 0.05) is 7.11 Å². The summed E-state index contributed by atoms with van der Waals surface area (Å²) in [5, 5.41) is 51.3. The molecule has 0 aromatic heterocycles. The summed E-state index contributed by atoms with van der Waals surface area (Å²) < 4.78 is 47.8. The fourth-order valence-electron chi connectivity index (χ4n) is 5.68. The molecule has 82 heavy (non-hydrogen) atoms. The smallest absolute Gasteiger partial charge is 0.338 e. The quantitative estimate of drug-likeness (QED) is 0.0263. The van der Waals surface area contributed by atoms with Crippen LogP contribution in [0.2, 0.25) is 0 Å². The maximum absolute atomic E-state index is 12.0. The van der Waals surface area contributed by atoms with Crippen LogP contribution < -0.4 is 0 Å². The van der Waals surface area contributed by atoms with E-state index >= 15 is 0 Å². The van der Waals surface area contributed by atoms with E-state index in [4.69, 9.17) is 68.5 Å². The predicted molar refractivity (Wildman–Crippen MR) is 280 cm³/mol. The maximum atomic E-state index is 12.0. The molecule has 0 amide bonds. The number of hydrogen-bond donors (Lipinski definition) is 6. The molecule has 0 unspecified atom stereocenters. The molecular formula is C56H60O26. The second-order valence-electron chi connectivity index (χ2n) is 15.4. The lowest BCUT2D eigenvalue weighted by molar-refractivity contribution is 0.0265. The van der Waals surface area contributed by atoms with E-state index in [1.54, 1.807) is 0 Å². The minimum absolute atomic E-state index is 0.0699. The van der Waals surface area contributed by atoms with Gasteiger partial charge in [0.25, 0.3) is 0 Å². The zero-order valence-electron chi connectivity index (χ0n) is 44.3. The van der Waals surface area contributed by atoms with Crippen LogP contribution >= 0.6 is 0 Å². The van der Waals surface area contributed by atoms with E-state index in [0.29, 0.717) is 17.7 Å². The first-order valence-corrected chi connectivity index (χ1v) is 24.2. The van der Waals surface area contributed by atoms with Crippen molar-refractivity contribution in [2.24, 2.45) is 0 Å². The van der Waals surface area contributed by atoms with E-state index in [0.717, 1.165) is 0 Å². The lowest BCUT2D eigenvalue weighted by Gasteiger charge is -2.08. The fourth-order valence-corrected chi connectivity index (χ4v) is 5.68. The first-order chi connectivity index (χ1) is 39.5. The molecule has 0 aliphatic heterocycles. The Bertz CT molecular complexity index is 2680. The van der Waals surface area contributed by atoms with Crippen molar-refractivity contribution in [3.63, 3.8) is 0 Å². The van der Waals surface area contributed by atoms with Gasteiger partial charge >= 0.3 is 59.7 Å². The molecule has 0 heterocycles. The van der Waals surface area contributed by atoms with Crippen molar-refractivity contribution in [3.8, 4) is 0 Å². The van der Waals surface area contributed by atoms with Gasteiger partial charge in [0.1, 0.15) is 52.9 Å². The van der Waals surface area contributed by atoms with Gasteiger partial charge in [-0.05, 0) is 121 Å². The second kappa shape index (κ2) is 39.8. The van der Waals surface area contributed by atoms with Gasteiger partial charge in [0.15, 0.2) is 0 Å². The number of carbonyl (C=O) groups excluding carboxylic acids is 9. The molecule has 5 rings (SSSR count). The van der Waals surface area contributed by atoms with Crippen LogP contribution in [0.4, 0.5) is 0 Å². The first-order valence-electron chi connectivity index (χ1n) is 24.2. The van der Waals surface area contributed by atoms with Crippen LogP contribution in [0.5, 0.6) is 0 Å². The minimum Gasteiger partial charge on any atom is -0.478 e. The third-order valence-electron chi connectivity index (χ3n) is 9.67. The van der Waals surface area contributed by atoms with Gasteiger partial charge in [-0.2, -0.15) is 0 Å². The highest BCUT2D eigenvalue weighted by atomic mass is 16.6. The summed E-state index contributed by atoms with van der Waals surface area (Å²) in [4.78, 5) is 114. The predicted octanol–water partition coefficient (Wildman–Crippen LogP) is 2.79. The third-order valence-corrected chi connectivity index (χ3v) is 9.67. The standard InChI is InChI=1S/C22H22O10.C12H14O6.C12H14O5.C10H10O5/c23-9-11-29-19(25)15-1-5-17(6-2-15)21(27)31-13-14-32-22(28)18-7-3-16(4-8-18)20(26)30-12-10-24;13-5-7-17-11(15)9-1-2-10(4-3-9)12(16)18-8-6-14;1-15-7-8-17-12(14)10-5-3-9(4-6-10)11(13)16-2;11-5-6-15-10(14)8-3-1-7(2-4-8)9(12)13/h1-8,23-24H,9-14H2;1-4,13-14H,5-8H2;3-6H,7-8H2,1-2H3;1-4,11H,5-6H2,(H,12,13). The topological polar surface area (TPSA) is 384 Å². The van der Waals surface area contributed by atoms with E-state index in [1.807, 2.05) is 0 Å². The number of methoxy groups -OCH3 is 2. The number of carboxylic acid groups (broad SMARTS) is 1. The molecule has 5 aromatic carbocycles. The number of carbonyl (C=O) groups is 10. The SMILES string of the molecule is COCCOC(=O)c1ccc(C(=O)OC)cc1.O=C(O)c1ccc(C(=O)OCCO)cc1.O=C(OCCO)c1ccc(C(=O)OCCO)cc1.O=C(OCCO)c1ccc(C(=O)OCCOC(=O)c2ccc(C(=O)OCCO)cc2)cc1. The highest BCUT2D eigenvalue weighted by Crippen LogP contribution is 2.12. The molecule has 5 aromatic rings. The largest absolute Gasteiger partial charge is 0.478 e. The van der Waals surface area contributed by atoms with Crippen molar-refractivity contribution in [2.45, 2.75) is 0 Å². The molecule has 26 nitrogen and oxygen atoms in total. The molecule has 0 saturated heterocycles. The molecule has 440 valence electrons. The highest BCUT2D eigenvalue weighted by molar-refractivity contribution is 5.96. The number of carboxylic acids is 1. The molecule has 0 atom stereocenters. The minimum atomic E-state index is -1.05. The summed E-state index contributed by atoms with van der Waals surface area (Å²) in [6.07, 6.45) is 0. The molecule has 0 aliphatic carbocycles. The Hall–Kier alpha value is -9.44. The molecule has 0 spiro atoms. The summed E-state index contributed by atoms with van der Waals surface area (Å²) in [5.74, 6) is -6.24. The molecule has 26 heteroatoms. The Morgan fingerprint density at radius 1 is 0.256 bits per heavy atom. The van der Waals surface area contributed by atoms with Gasteiger partial charge in [-0.25, -0.2) is 47.9 Å². The fraction of sp³-hybridized carbons (Fsp3) is 0.286. The summed E-state index contributed by atoms with van der Waals surface area (Å²) in [5.41, 5.74) is 2.52. The van der Waals surface area contributed by atoms with Gasteiger partial charge < -0.3 is 78.0 Å². The van der Waals surface area contributed by atoms with Crippen LogP contribution in [0.25, 0.3) is 0 Å². The number of rotatable bonds is 26. The highest BCUT2D eigenvalue weighted by Gasteiger charge is 2.16. The summed E-state index contributed by atoms with van der Waals surface area (Å²) in [6.45, 7) is -1.55. The van der Waals surface area contributed by atoms with Crippen molar-refractivity contribution >= 4 is 59.7 Å².